The quantitative estimate of drug-likeness (QED) is 0.269. The van der Waals surface area contributed by atoms with E-state index in [1.54, 1.807) is 12.0 Å². The molecule has 3 aromatic carbocycles. The number of methoxy groups -OCH3 is 1. The predicted molar refractivity (Wildman–Crippen MR) is 185 cm³/mol. The van der Waals surface area contributed by atoms with E-state index in [9.17, 15) is 14.7 Å². The lowest BCUT2D eigenvalue weighted by Crippen LogP contribution is -2.51. The number of piperazine rings is 1. The third-order valence-electron chi connectivity index (χ3n) is 9.91. The highest BCUT2D eigenvalue weighted by atomic mass is 28.3. The van der Waals surface area contributed by atoms with Crippen LogP contribution < -0.4 is 20.1 Å². The van der Waals surface area contributed by atoms with Gasteiger partial charge in [0.1, 0.15) is 5.75 Å². The van der Waals surface area contributed by atoms with Crippen molar-refractivity contribution in [3.63, 3.8) is 0 Å². The molecule has 0 aromatic heterocycles. The van der Waals surface area contributed by atoms with Gasteiger partial charge in [-0.05, 0) is 59.7 Å². The minimum atomic E-state index is -2.14. The summed E-state index contributed by atoms with van der Waals surface area (Å²) in [7, 11) is -0.460. The molecule has 0 unspecified atom stereocenters. The molecule has 2 aliphatic rings. The number of ether oxygens (including phenoxy) is 2. The van der Waals surface area contributed by atoms with E-state index in [1.165, 1.54) is 10.8 Å². The molecule has 2 saturated heterocycles. The van der Waals surface area contributed by atoms with Crippen LogP contribution in [0.2, 0.25) is 18.6 Å². The molecule has 2 heterocycles. The molecule has 46 heavy (non-hydrogen) atoms. The van der Waals surface area contributed by atoms with Gasteiger partial charge in [-0.2, -0.15) is 0 Å². The third-order valence-corrected chi connectivity index (χ3v) is 14.3. The van der Waals surface area contributed by atoms with Gasteiger partial charge in [0.15, 0.2) is 0 Å². The van der Waals surface area contributed by atoms with Gasteiger partial charge in [-0.3, -0.25) is 9.59 Å². The number of rotatable bonds is 13. The second kappa shape index (κ2) is 15.4. The van der Waals surface area contributed by atoms with Gasteiger partial charge in [-0.15, -0.1) is 0 Å². The van der Waals surface area contributed by atoms with Gasteiger partial charge in [-0.25, -0.2) is 0 Å². The van der Waals surface area contributed by atoms with E-state index in [2.05, 4.69) is 49.6 Å². The van der Waals surface area contributed by atoms with Gasteiger partial charge in [0.25, 0.3) is 0 Å². The lowest BCUT2D eigenvalue weighted by molar-refractivity contribution is -0.135. The molecular formula is C37H49N3O5Si. The van der Waals surface area contributed by atoms with Gasteiger partial charge in [0.2, 0.25) is 11.8 Å². The van der Waals surface area contributed by atoms with Gasteiger partial charge >= 0.3 is 0 Å². The molecule has 5 rings (SSSR count). The van der Waals surface area contributed by atoms with Crippen molar-refractivity contribution in [1.82, 2.24) is 10.2 Å². The van der Waals surface area contributed by atoms with Gasteiger partial charge in [-0.1, -0.05) is 79.8 Å². The number of aryl methyl sites for hydroxylation is 1. The van der Waals surface area contributed by atoms with Crippen LogP contribution in [0.4, 0.5) is 5.69 Å². The van der Waals surface area contributed by atoms with Crippen LogP contribution in [0.5, 0.6) is 5.75 Å². The number of aliphatic hydroxyl groups excluding tert-OH is 1. The number of carbonyl (C=O) groups is 2. The Bertz CT molecular complexity index is 1450. The highest BCUT2D eigenvalue weighted by Gasteiger charge is 2.51. The molecule has 0 spiro atoms. The minimum absolute atomic E-state index is 0.00212. The Hall–Kier alpha value is -3.50. The second-order valence-corrected chi connectivity index (χ2v) is 17.9. The lowest BCUT2D eigenvalue weighted by Gasteiger charge is -2.36. The maximum Gasteiger partial charge on any atom is 0.240 e. The number of anilines is 1. The fourth-order valence-corrected chi connectivity index (χ4v) is 11.5. The standard InChI is InChI=1S/C37H49N3O5Si/c1-27-33(18-13-28-11-8-12-30(23-28)40-20-19-38-25-36(40)43)45-34(37(27)46(3,4)32-16-14-31(44-2)15-17-32)24-35(42)39(21-22-41)26-29-9-6-5-7-10-29/h5-12,14-17,23,27,33-34,37-38,41H,13,18-22,24-26H2,1-4H3/t27-,33+,34-,37+/m0/s1. The molecule has 3 aromatic rings. The number of hydrogen-bond donors (Lipinski definition) is 2. The van der Waals surface area contributed by atoms with Crippen molar-refractivity contribution in [3.8, 4) is 5.75 Å². The van der Waals surface area contributed by atoms with Gasteiger partial charge < -0.3 is 29.7 Å². The van der Waals surface area contributed by atoms with E-state index in [4.69, 9.17) is 9.47 Å². The van der Waals surface area contributed by atoms with Crippen molar-refractivity contribution >= 4 is 30.8 Å². The zero-order chi connectivity index (χ0) is 32.7. The summed E-state index contributed by atoms with van der Waals surface area (Å²) in [5.41, 5.74) is 3.38. The van der Waals surface area contributed by atoms with Crippen LogP contribution in [0.15, 0.2) is 78.9 Å². The van der Waals surface area contributed by atoms with E-state index < -0.39 is 8.07 Å². The molecule has 9 heteroatoms. The Morgan fingerprint density at radius 2 is 1.78 bits per heavy atom. The number of amides is 2. The van der Waals surface area contributed by atoms with Crippen molar-refractivity contribution < 1.29 is 24.2 Å². The number of nitrogens with one attached hydrogen (secondary N) is 1. The van der Waals surface area contributed by atoms with Crippen molar-refractivity contribution in [1.29, 1.82) is 0 Å². The Morgan fingerprint density at radius 1 is 1.04 bits per heavy atom. The van der Waals surface area contributed by atoms with Crippen LogP contribution in [0.25, 0.3) is 0 Å². The first-order valence-corrected chi connectivity index (χ1v) is 19.6. The minimum Gasteiger partial charge on any atom is -0.497 e. The average Bonchev–Trinajstić information content (AvgIpc) is 3.39. The van der Waals surface area contributed by atoms with Crippen LogP contribution in [-0.4, -0.2) is 82.0 Å². The average molecular weight is 644 g/mol. The molecule has 4 atom stereocenters. The largest absolute Gasteiger partial charge is 0.497 e. The summed E-state index contributed by atoms with van der Waals surface area (Å²) in [4.78, 5) is 30.0. The summed E-state index contributed by atoms with van der Waals surface area (Å²) in [5, 5.41) is 14.3. The first-order chi connectivity index (χ1) is 22.2. The molecule has 8 nitrogen and oxygen atoms in total. The molecule has 0 aliphatic carbocycles. The van der Waals surface area contributed by atoms with E-state index >= 15 is 0 Å². The number of carbonyl (C=O) groups excluding carboxylic acids is 2. The first kappa shape index (κ1) is 33.8. The molecule has 0 radical (unpaired) electrons. The van der Waals surface area contributed by atoms with E-state index in [0.29, 0.717) is 19.6 Å². The molecule has 246 valence electrons. The van der Waals surface area contributed by atoms with Crippen molar-refractivity contribution in [2.24, 2.45) is 5.92 Å². The summed E-state index contributed by atoms with van der Waals surface area (Å²) in [6.45, 7) is 9.57. The fourth-order valence-electron chi connectivity index (χ4n) is 7.43. The molecule has 2 N–H and O–H groups in total. The fraction of sp³-hybridized carbons (Fsp3) is 0.459. The predicted octanol–water partition coefficient (Wildman–Crippen LogP) is 4.36. The maximum atomic E-state index is 13.9. The van der Waals surface area contributed by atoms with Crippen molar-refractivity contribution in [3.05, 3.63) is 90.0 Å². The monoisotopic (exact) mass is 643 g/mol. The molecule has 2 aliphatic heterocycles. The third kappa shape index (κ3) is 7.89. The maximum absolute atomic E-state index is 13.9. The van der Waals surface area contributed by atoms with Gasteiger partial charge in [0.05, 0.1) is 47.0 Å². The summed E-state index contributed by atoms with van der Waals surface area (Å²) in [6, 6.07) is 26.7. The van der Waals surface area contributed by atoms with Crippen molar-refractivity contribution in [2.45, 2.75) is 63.6 Å². The summed E-state index contributed by atoms with van der Waals surface area (Å²) >= 11 is 0. The molecule has 2 fully saturated rings. The SMILES string of the molecule is COc1ccc([Si](C)(C)[C@@H]2[C@@H](C)[C@@H](CCc3cccc(N4CCNCC4=O)c3)O[C@H]2CC(=O)N(CCO)Cc2ccccc2)cc1. The Labute approximate surface area is 274 Å². The van der Waals surface area contributed by atoms with Crippen LogP contribution in [0.1, 0.15) is 30.9 Å². The summed E-state index contributed by atoms with van der Waals surface area (Å²) in [6.07, 6.45) is 1.71. The second-order valence-electron chi connectivity index (χ2n) is 13.2. The molecule has 0 saturated carbocycles. The Balaban J connectivity index is 1.36. The van der Waals surface area contributed by atoms with E-state index in [0.717, 1.165) is 36.4 Å². The van der Waals surface area contributed by atoms with Crippen molar-refractivity contribution in [2.75, 3.05) is 44.8 Å². The molecule has 2 amide bonds. The van der Waals surface area contributed by atoms with Crippen LogP contribution >= 0.6 is 0 Å². The highest BCUT2D eigenvalue weighted by Crippen LogP contribution is 2.46. The topological polar surface area (TPSA) is 91.3 Å². The zero-order valence-corrected chi connectivity index (χ0v) is 28.7. The van der Waals surface area contributed by atoms with Crippen LogP contribution in [0.3, 0.4) is 0 Å². The first-order valence-electron chi connectivity index (χ1n) is 16.5. The number of nitrogens with zero attached hydrogens (tertiary/aromatic N) is 2. The van der Waals surface area contributed by atoms with E-state index in [1.807, 2.05) is 59.5 Å². The number of aliphatic hydroxyl groups is 1. The number of benzene rings is 3. The highest BCUT2D eigenvalue weighted by molar-refractivity contribution is 6.91. The number of hydrogen-bond acceptors (Lipinski definition) is 6. The normalized spacial score (nSPS) is 21.8. The molecule has 0 bridgehead atoms. The molecular weight excluding hydrogens is 595 g/mol. The van der Waals surface area contributed by atoms with E-state index in [-0.39, 0.29) is 55.1 Å². The Morgan fingerprint density at radius 3 is 2.48 bits per heavy atom. The summed E-state index contributed by atoms with van der Waals surface area (Å²) in [5.74, 6) is 1.19. The van der Waals surface area contributed by atoms with Gasteiger partial charge in [0, 0.05) is 31.9 Å². The smallest absolute Gasteiger partial charge is 0.240 e. The summed E-state index contributed by atoms with van der Waals surface area (Å²) < 4.78 is 12.3. The Kier molecular flexibility index (Phi) is 11.3. The van der Waals surface area contributed by atoms with Crippen LogP contribution in [-0.2, 0) is 27.3 Å². The van der Waals surface area contributed by atoms with Crippen LogP contribution in [0, 0.1) is 5.92 Å². The lowest BCUT2D eigenvalue weighted by atomic mass is 9.95. The zero-order valence-electron chi connectivity index (χ0n) is 27.7.